The average molecular weight is 320 g/mol. The van der Waals surface area contributed by atoms with Crippen LogP contribution in [0.1, 0.15) is 5.56 Å². The van der Waals surface area contributed by atoms with Crippen molar-refractivity contribution in [2.45, 2.75) is 6.92 Å². The Morgan fingerprint density at radius 2 is 1.96 bits per heavy atom. The lowest BCUT2D eigenvalue weighted by atomic mass is 10.1. The van der Waals surface area contributed by atoms with Crippen molar-refractivity contribution < 1.29 is 4.92 Å². The minimum atomic E-state index is -0.392. The molecule has 2 rings (SSSR count). The maximum Gasteiger partial charge on any atom is 0.292 e. The molecule has 0 bridgehead atoms. The summed E-state index contributed by atoms with van der Waals surface area (Å²) in [5.74, 6) is -0.304. The van der Waals surface area contributed by atoms with Crippen molar-refractivity contribution in [1.82, 2.24) is 5.32 Å². The molecule has 10 nitrogen and oxygen atoms in total. The number of anilines is 1. The summed E-state index contributed by atoms with van der Waals surface area (Å²) < 4.78 is 0. The first kappa shape index (κ1) is 16.5. The molecule has 1 aliphatic rings. The van der Waals surface area contributed by atoms with Gasteiger partial charge in [-0.2, -0.15) is 4.99 Å². The van der Waals surface area contributed by atoms with E-state index in [2.05, 4.69) is 15.3 Å². The Morgan fingerprint density at radius 1 is 1.30 bits per heavy atom. The predicted molar refractivity (Wildman–Crippen MR) is 90.0 cm³/mol. The van der Waals surface area contributed by atoms with Crippen molar-refractivity contribution in [1.29, 1.82) is 0 Å². The summed E-state index contributed by atoms with van der Waals surface area (Å²) in [6, 6.07) is 3.13. The van der Waals surface area contributed by atoms with Gasteiger partial charge < -0.3 is 27.4 Å². The Labute approximate surface area is 133 Å². The highest BCUT2D eigenvalue weighted by Crippen LogP contribution is 2.35. The number of guanidine groups is 2. The molecular formula is C13H20N8O2. The van der Waals surface area contributed by atoms with Gasteiger partial charge >= 0.3 is 0 Å². The third-order valence-corrected chi connectivity index (χ3v) is 3.43. The van der Waals surface area contributed by atoms with Crippen LogP contribution < -0.4 is 27.4 Å². The van der Waals surface area contributed by atoms with Crippen LogP contribution in [0.3, 0.4) is 0 Å². The van der Waals surface area contributed by atoms with Gasteiger partial charge in [0.25, 0.3) is 5.69 Å². The number of piperazine rings is 1. The van der Waals surface area contributed by atoms with Crippen molar-refractivity contribution in [2.24, 2.45) is 27.2 Å². The van der Waals surface area contributed by atoms with E-state index < -0.39 is 4.92 Å². The third-order valence-electron chi connectivity index (χ3n) is 3.43. The second kappa shape index (κ2) is 6.92. The number of nitro groups is 1. The second-order valence-electron chi connectivity index (χ2n) is 5.13. The Balaban J connectivity index is 2.48. The first-order valence-electron chi connectivity index (χ1n) is 7.07. The monoisotopic (exact) mass is 320 g/mol. The van der Waals surface area contributed by atoms with Crippen molar-refractivity contribution >= 4 is 29.0 Å². The Kier molecular flexibility index (Phi) is 4.96. The lowest BCUT2D eigenvalue weighted by Gasteiger charge is -2.29. The molecule has 0 aliphatic carbocycles. The molecule has 1 saturated heterocycles. The molecule has 0 radical (unpaired) electrons. The maximum absolute atomic E-state index is 11.3. The third kappa shape index (κ3) is 4.07. The number of benzene rings is 1. The summed E-state index contributed by atoms with van der Waals surface area (Å²) in [7, 11) is 0. The van der Waals surface area contributed by atoms with Crippen LogP contribution in [-0.4, -0.2) is 43.0 Å². The number of nitrogens with zero attached hydrogens (tertiary/aromatic N) is 4. The molecule has 0 unspecified atom stereocenters. The van der Waals surface area contributed by atoms with Crippen LogP contribution in [0.5, 0.6) is 0 Å². The van der Waals surface area contributed by atoms with Gasteiger partial charge in [0, 0.05) is 32.2 Å². The molecule has 1 aliphatic heterocycles. The summed E-state index contributed by atoms with van der Waals surface area (Å²) in [5, 5.41) is 14.6. The number of aryl methyl sites for hydroxylation is 1. The number of aliphatic imine (C=N–C) groups is 2. The lowest BCUT2D eigenvalue weighted by molar-refractivity contribution is -0.384. The van der Waals surface area contributed by atoms with Crippen molar-refractivity contribution in [3.8, 4) is 0 Å². The molecule has 1 heterocycles. The zero-order chi connectivity index (χ0) is 17.0. The van der Waals surface area contributed by atoms with E-state index >= 15 is 0 Å². The zero-order valence-corrected chi connectivity index (χ0v) is 12.8. The van der Waals surface area contributed by atoms with Crippen molar-refractivity contribution in [3.63, 3.8) is 0 Å². The number of hydrogen-bond donors (Lipinski definition) is 4. The van der Waals surface area contributed by atoms with Gasteiger partial charge in [0.15, 0.2) is 5.96 Å². The molecule has 0 atom stereocenters. The van der Waals surface area contributed by atoms with Gasteiger partial charge in [0.1, 0.15) is 5.69 Å². The van der Waals surface area contributed by atoms with E-state index in [1.165, 1.54) is 6.07 Å². The lowest BCUT2D eigenvalue weighted by Crippen LogP contribution is -2.43. The van der Waals surface area contributed by atoms with Gasteiger partial charge in [-0.3, -0.25) is 10.1 Å². The van der Waals surface area contributed by atoms with E-state index in [1.54, 1.807) is 13.0 Å². The van der Waals surface area contributed by atoms with Crippen LogP contribution in [-0.2, 0) is 0 Å². The van der Waals surface area contributed by atoms with E-state index in [0.717, 1.165) is 13.1 Å². The summed E-state index contributed by atoms with van der Waals surface area (Å²) >= 11 is 0. The highest BCUT2D eigenvalue weighted by atomic mass is 16.6. The number of rotatable bonds is 3. The van der Waals surface area contributed by atoms with E-state index in [1.807, 2.05) is 4.90 Å². The molecular weight excluding hydrogens is 300 g/mol. The zero-order valence-electron chi connectivity index (χ0n) is 12.8. The molecule has 1 aromatic carbocycles. The minimum Gasteiger partial charge on any atom is -0.370 e. The second-order valence-corrected chi connectivity index (χ2v) is 5.13. The van der Waals surface area contributed by atoms with E-state index in [0.29, 0.717) is 30.0 Å². The fraction of sp³-hybridized carbons (Fsp3) is 0.385. The summed E-state index contributed by atoms with van der Waals surface area (Å²) in [5.41, 5.74) is 17.8. The predicted octanol–water partition coefficient (Wildman–Crippen LogP) is -0.468. The largest absolute Gasteiger partial charge is 0.370 e. The first-order chi connectivity index (χ1) is 10.9. The Hall–Kier alpha value is -2.88. The minimum absolute atomic E-state index is 0.0451. The summed E-state index contributed by atoms with van der Waals surface area (Å²) in [6.45, 7) is 4.60. The highest BCUT2D eigenvalue weighted by Gasteiger charge is 2.23. The SMILES string of the molecule is Cc1cc([N+](=O)[O-])c(N2CCNCC2)cc1N=C(N)N=C(N)N. The molecule has 0 aromatic heterocycles. The van der Waals surface area contributed by atoms with Gasteiger partial charge in [-0.25, -0.2) is 4.99 Å². The smallest absolute Gasteiger partial charge is 0.292 e. The molecule has 0 spiro atoms. The fourth-order valence-corrected chi connectivity index (χ4v) is 2.38. The van der Waals surface area contributed by atoms with Crippen LogP contribution in [0, 0.1) is 17.0 Å². The summed E-state index contributed by atoms with van der Waals surface area (Å²) in [6.07, 6.45) is 0. The van der Waals surface area contributed by atoms with E-state index in [4.69, 9.17) is 17.2 Å². The number of nitrogens with two attached hydrogens (primary N) is 3. The average Bonchev–Trinajstić information content (AvgIpc) is 2.48. The standard InChI is InChI=1S/C13H20N8O2/c1-8-6-11(21(22)23)10(20-4-2-17-3-5-20)7-9(8)18-13(16)19-12(14)15/h6-7,17H,2-5H2,1H3,(H6,14,15,16,18,19). The topological polar surface area (TPSA) is 161 Å². The first-order valence-corrected chi connectivity index (χ1v) is 7.07. The van der Waals surface area contributed by atoms with E-state index in [-0.39, 0.29) is 17.6 Å². The molecule has 0 amide bonds. The normalized spacial score (nSPS) is 15.3. The van der Waals surface area contributed by atoms with Crippen LogP contribution >= 0.6 is 0 Å². The number of nitro benzene ring substituents is 1. The van der Waals surface area contributed by atoms with Crippen molar-refractivity contribution in [2.75, 3.05) is 31.1 Å². The van der Waals surface area contributed by atoms with Crippen LogP contribution in [0.4, 0.5) is 17.1 Å². The van der Waals surface area contributed by atoms with Gasteiger partial charge in [0.05, 0.1) is 10.6 Å². The molecule has 1 fully saturated rings. The van der Waals surface area contributed by atoms with Gasteiger partial charge in [0.2, 0.25) is 5.96 Å². The quantitative estimate of drug-likeness (QED) is 0.253. The van der Waals surface area contributed by atoms with Gasteiger partial charge in [-0.05, 0) is 18.6 Å². The van der Waals surface area contributed by atoms with Gasteiger partial charge in [-0.1, -0.05) is 0 Å². The molecule has 23 heavy (non-hydrogen) atoms. The fourth-order valence-electron chi connectivity index (χ4n) is 2.38. The Bertz CT molecular complexity index is 660. The number of nitrogens with one attached hydrogen (secondary N) is 1. The highest BCUT2D eigenvalue weighted by molar-refractivity contribution is 5.94. The van der Waals surface area contributed by atoms with E-state index in [9.17, 15) is 10.1 Å². The van der Waals surface area contributed by atoms with Crippen LogP contribution in [0.2, 0.25) is 0 Å². The molecule has 124 valence electrons. The molecule has 0 saturated carbocycles. The van der Waals surface area contributed by atoms with Crippen molar-refractivity contribution in [3.05, 3.63) is 27.8 Å². The van der Waals surface area contributed by atoms with Gasteiger partial charge in [-0.15, -0.1) is 0 Å². The maximum atomic E-state index is 11.3. The Morgan fingerprint density at radius 3 is 2.52 bits per heavy atom. The van der Waals surface area contributed by atoms with Crippen LogP contribution in [0.25, 0.3) is 0 Å². The summed E-state index contributed by atoms with van der Waals surface area (Å²) in [4.78, 5) is 20.7. The molecule has 1 aromatic rings. The molecule has 7 N–H and O–H groups in total. The number of hydrogen-bond acceptors (Lipinski definition) is 5. The van der Waals surface area contributed by atoms with Crippen LogP contribution in [0.15, 0.2) is 22.1 Å². The molecule has 10 heteroatoms.